The van der Waals surface area contributed by atoms with Crippen LogP contribution in [0.5, 0.6) is 0 Å². The SMILES string of the molecule is CCS(=O)(=O)C1CSCCN1S(=O)(=O)C(C)C#N. The van der Waals surface area contributed by atoms with E-state index >= 15 is 0 Å². The molecule has 0 radical (unpaired) electrons. The average molecular weight is 312 g/mol. The molecule has 0 N–H and O–H groups in total. The number of nitriles is 1. The number of sulfonamides is 1. The Labute approximate surface area is 112 Å². The lowest BCUT2D eigenvalue weighted by Gasteiger charge is -2.34. The van der Waals surface area contributed by atoms with E-state index in [2.05, 4.69) is 0 Å². The lowest BCUT2D eigenvalue weighted by atomic mass is 10.5. The Morgan fingerprint density at radius 3 is 2.56 bits per heavy atom. The molecule has 104 valence electrons. The van der Waals surface area contributed by atoms with Crippen LogP contribution in [0.4, 0.5) is 0 Å². The summed E-state index contributed by atoms with van der Waals surface area (Å²) in [6.07, 6.45) is 0. The molecule has 0 aliphatic carbocycles. The highest BCUT2D eigenvalue weighted by Gasteiger charge is 2.41. The van der Waals surface area contributed by atoms with Gasteiger partial charge < -0.3 is 0 Å². The Bertz CT molecular complexity index is 535. The highest BCUT2D eigenvalue weighted by molar-refractivity contribution is 8.01. The van der Waals surface area contributed by atoms with Crippen LogP contribution in [-0.2, 0) is 19.9 Å². The highest BCUT2D eigenvalue weighted by atomic mass is 32.2. The molecule has 1 rings (SSSR count). The fraction of sp³-hybridized carbons (Fsp3) is 0.889. The molecule has 1 saturated heterocycles. The predicted molar refractivity (Wildman–Crippen MR) is 71.3 cm³/mol. The van der Waals surface area contributed by atoms with Crippen molar-refractivity contribution in [2.75, 3.05) is 23.8 Å². The molecule has 6 nitrogen and oxygen atoms in total. The Morgan fingerprint density at radius 1 is 1.44 bits per heavy atom. The minimum Gasteiger partial charge on any atom is -0.227 e. The van der Waals surface area contributed by atoms with Gasteiger partial charge >= 0.3 is 0 Å². The lowest BCUT2D eigenvalue weighted by Crippen LogP contribution is -2.52. The molecule has 2 unspecified atom stereocenters. The lowest BCUT2D eigenvalue weighted by molar-refractivity contribution is 0.401. The predicted octanol–water partition coefficient (Wildman–Crippen LogP) is 0.0379. The van der Waals surface area contributed by atoms with Gasteiger partial charge in [-0.05, 0) is 6.92 Å². The van der Waals surface area contributed by atoms with E-state index in [9.17, 15) is 16.8 Å². The first-order valence-corrected chi connectivity index (χ1v) is 9.84. The van der Waals surface area contributed by atoms with Gasteiger partial charge in [0.15, 0.2) is 15.1 Å². The van der Waals surface area contributed by atoms with Crippen molar-refractivity contribution in [1.82, 2.24) is 4.31 Å². The van der Waals surface area contributed by atoms with Crippen molar-refractivity contribution in [3.8, 4) is 6.07 Å². The second kappa shape index (κ2) is 5.77. The van der Waals surface area contributed by atoms with E-state index in [0.717, 1.165) is 4.31 Å². The Hall–Kier alpha value is -0.300. The normalized spacial score (nSPS) is 24.4. The maximum absolute atomic E-state index is 12.1. The molecule has 0 aromatic heterocycles. The zero-order chi connectivity index (χ0) is 14.0. The second-order valence-electron chi connectivity index (χ2n) is 3.91. The molecule has 9 heteroatoms. The molecule has 2 atom stereocenters. The molecular formula is C9H16N2O4S3. The van der Waals surface area contributed by atoms with Gasteiger partial charge in [-0.2, -0.15) is 21.3 Å². The maximum atomic E-state index is 12.1. The minimum atomic E-state index is -3.87. The van der Waals surface area contributed by atoms with E-state index in [1.807, 2.05) is 0 Å². The molecule has 1 aliphatic rings. The van der Waals surface area contributed by atoms with Gasteiger partial charge in [-0.3, -0.25) is 0 Å². The van der Waals surface area contributed by atoms with Gasteiger partial charge in [0.2, 0.25) is 10.0 Å². The molecule has 0 amide bonds. The quantitative estimate of drug-likeness (QED) is 0.727. The van der Waals surface area contributed by atoms with E-state index in [1.54, 1.807) is 6.07 Å². The Kier molecular flexibility index (Phi) is 5.05. The standard InChI is InChI=1S/C9H16N2O4S3/c1-3-17(12,13)9-7-16-5-4-11(9)18(14,15)8(2)6-10/h8-9H,3-5,7H2,1-2H3. The maximum Gasteiger partial charge on any atom is 0.231 e. The van der Waals surface area contributed by atoms with Crippen LogP contribution in [0.1, 0.15) is 13.8 Å². The summed E-state index contributed by atoms with van der Waals surface area (Å²) in [5.74, 6) is 0.672. The third kappa shape index (κ3) is 2.99. The Morgan fingerprint density at radius 2 is 2.06 bits per heavy atom. The van der Waals surface area contributed by atoms with Crippen molar-refractivity contribution in [2.45, 2.75) is 24.5 Å². The highest BCUT2D eigenvalue weighted by Crippen LogP contribution is 2.25. The van der Waals surface area contributed by atoms with Crippen LogP contribution < -0.4 is 0 Å². The first kappa shape index (κ1) is 15.8. The minimum absolute atomic E-state index is 0.106. The van der Waals surface area contributed by atoms with E-state index < -0.39 is 30.5 Å². The summed E-state index contributed by atoms with van der Waals surface area (Å²) >= 11 is 1.42. The van der Waals surface area contributed by atoms with Gasteiger partial charge in [0, 0.05) is 23.8 Å². The molecule has 0 saturated carbocycles. The molecule has 18 heavy (non-hydrogen) atoms. The summed E-state index contributed by atoms with van der Waals surface area (Å²) in [5.41, 5.74) is 0. The first-order chi connectivity index (χ1) is 8.27. The summed E-state index contributed by atoms with van der Waals surface area (Å²) in [5, 5.41) is 6.47. The molecule has 0 spiro atoms. The van der Waals surface area contributed by atoms with Gasteiger partial charge in [-0.1, -0.05) is 6.92 Å². The van der Waals surface area contributed by atoms with Crippen LogP contribution in [-0.4, -0.2) is 55.6 Å². The van der Waals surface area contributed by atoms with Crippen LogP contribution in [0, 0.1) is 11.3 Å². The van der Waals surface area contributed by atoms with Crippen molar-refractivity contribution in [1.29, 1.82) is 5.26 Å². The van der Waals surface area contributed by atoms with Crippen LogP contribution in [0.15, 0.2) is 0 Å². The second-order valence-corrected chi connectivity index (χ2v) is 9.71. The summed E-state index contributed by atoms with van der Waals surface area (Å²) in [6.45, 7) is 2.91. The molecule has 1 aliphatic heterocycles. The van der Waals surface area contributed by atoms with Crippen molar-refractivity contribution in [2.24, 2.45) is 0 Å². The van der Waals surface area contributed by atoms with Gasteiger partial charge in [-0.25, -0.2) is 16.8 Å². The number of thioether (sulfide) groups is 1. The fourth-order valence-corrected chi connectivity index (χ4v) is 6.69. The van der Waals surface area contributed by atoms with Gasteiger partial charge in [0.1, 0.15) is 5.37 Å². The molecule has 0 bridgehead atoms. The average Bonchev–Trinajstić information content (AvgIpc) is 2.37. The van der Waals surface area contributed by atoms with Crippen molar-refractivity contribution in [3.05, 3.63) is 0 Å². The number of sulfone groups is 1. The van der Waals surface area contributed by atoms with E-state index in [0.29, 0.717) is 5.75 Å². The smallest absolute Gasteiger partial charge is 0.227 e. The molecule has 1 heterocycles. The molecule has 0 aromatic rings. The summed E-state index contributed by atoms with van der Waals surface area (Å²) in [4.78, 5) is 0. The molecule has 0 aromatic carbocycles. The molecular weight excluding hydrogens is 296 g/mol. The Balaban J connectivity index is 3.17. The van der Waals surface area contributed by atoms with Crippen LogP contribution in [0.2, 0.25) is 0 Å². The van der Waals surface area contributed by atoms with Crippen LogP contribution in [0.25, 0.3) is 0 Å². The summed E-state index contributed by atoms with van der Waals surface area (Å²) in [6, 6.07) is 1.66. The summed E-state index contributed by atoms with van der Waals surface area (Å²) < 4.78 is 49.1. The van der Waals surface area contributed by atoms with Gasteiger partial charge in [-0.15, -0.1) is 0 Å². The van der Waals surface area contributed by atoms with Crippen LogP contribution >= 0.6 is 11.8 Å². The third-order valence-corrected chi connectivity index (χ3v) is 8.32. The molecule has 1 fully saturated rings. The van der Waals surface area contributed by atoms with E-state index in [-0.39, 0.29) is 18.1 Å². The topological polar surface area (TPSA) is 95.3 Å². The van der Waals surface area contributed by atoms with Crippen LogP contribution in [0.3, 0.4) is 0 Å². The van der Waals surface area contributed by atoms with E-state index in [4.69, 9.17) is 5.26 Å². The number of rotatable bonds is 4. The largest absolute Gasteiger partial charge is 0.231 e. The van der Waals surface area contributed by atoms with Crippen molar-refractivity contribution >= 4 is 31.6 Å². The first-order valence-electron chi connectivity index (χ1n) is 5.47. The van der Waals surface area contributed by atoms with Gasteiger partial charge in [0.25, 0.3) is 0 Å². The monoisotopic (exact) mass is 312 g/mol. The number of hydrogen-bond donors (Lipinski definition) is 0. The fourth-order valence-electron chi connectivity index (χ4n) is 1.60. The number of nitrogens with zero attached hydrogens (tertiary/aromatic N) is 2. The van der Waals surface area contributed by atoms with Crippen molar-refractivity contribution in [3.63, 3.8) is 0 Å². The van der Waals surface area contributed by atoms with Gasteiger partial charge in [0.05, 0.1) is 6.07 Å². The zero-order valence-electron chi connectivity index (χ0n) is 10.2. The number of hydrogen-bond acceptors (Lipinski definition) is 6. The summed E-state index contributed by atoms with van der Waals surface area (Å²) in [7, 11) is -7.35. The third-order valence-electron chi connectivity index (χ3n) is 2.81. The zero-order valence-corrected chi connectivity index (χ0v) is 12.7. The van der Waals surface area contributed by atoms with Crippen molar-refractivity contribution < 1.29 is 16.8 Å². The van der Waals surface area contributed by atoms with E-state index in [1.165, 1.54) is 25.6 Å².